The highest BCUT2D eigenvalue weighted by Crippen LogP contribution is 2.11. The predicted octanol–water partition coefficient (Wildman–Crippen LogP) is -0.0167. The minimum Gasteiger partial charge on any atom is -0.480 e. The zero-order chi connectivity index (χ0) is 24.3. The normalized spacial score (nSPS) is 16.2. The molecule has 0 fully saturated rings. The third-order valence-corrected chi connectivity index (χ3v) is 4.99. The van der Waals surface area contributed by atoms with E-state index in [1.54, 1.807) is 6.92 Å². The zero-order valence-electron chi connectivity index (χ0n) is 19.5. The lowest BCUT2D eigenvalue weighted by atomic mass is 9.97. The van der Waals surface area contributed by atoms with Crippen LogP contribution in [0.5, 0.6) is 0 Å². The van der Waals surface area contributed by atoms with E-state index in [2.05, 4.69) is 16.0 Å². The van der Waals surface area contributed by atoms with Gasteiger partial charge in [-0.1, -0.05) is 48.0 Å². The molecule has 10 heteroatoms. The monoisotopic (exact) mass is 444 g/mol. The van der Waals surface area contributed by atoms with Crippen molar-refractivity contribution in [3.05, 3.63) is 0 Å². The fourth-order valence-corrected chi connectivity index (χ4v) is 3.00. The van der Waals surface area contributed by atoms with Crippen molar-refractivity contribution in [2.24, 2.45) is 23.5 Å². The van der Waals surface area contributed by atoms with Crippen LogP contribution in [0.25, 0.3) is 0 Å². The van der Waals surface area contributed by atoms with Gasteiger partial charge in [-0.3, -0.25) is 14.4 Å². The van der Waals surface area contributed by atoms with Crippen molar-refractivity contribution in [2.75, 3.05) is 6.61 Å². The van der Waals surface area contributed by atoms with Crippen LogP contribution in [0.3, 0.4) is 0 Å². The molecule has 0 saturated carbocycles. The number of aliphatic hydroxyl groups excluding tert-OH is 1. The van der Waals surface area contributed by atoms with Crippen LogP contribution in [0.2, 0.25) is 0 Å². The Bertz CT molecular complexity index is 611. The molecule has 3 amide bonds. The highest BCUT2D eigenvalue weighted by molar-refractivity contribution is 5.94. The number of nitrogens with one attached hydrogen (secondary N) is 3. The van der Waals surface area contributed by atoms with Crippen LogP contribution in [-0.4, -0.2) is 64.7 Å². The van der Waals surface area contributed by atoms with E-state index in [1.165, 1.54) is 0 Å². The van der Waals surface area contributed by atoms with Gasteiger partial charge in [-0.2, -0.15) is 0 Å². The molecule has 5 unspecified atom stereocenters. The molecule has 0 aromatic rings. The molecular formula is C21H40N4O6. The van der Waals surface area contributed by atoms with Crippen LogP contribution in [0.1, 0.15) is 60.8 Å². The molecule has 0 spiro atoms. The van der Waals surface area contributed by atoms with Crippen molar-refractivity contribution in [3.63, 3.8) is 0 Å². The van der Waals surface area contributed by atoms with E-state index in [-0.39, 0.29) is 24.2 Å². The number of aliphatic hydroxyl groups is 1. The fourth-order valence-electron chi connectivity index (χ4n) is 3.00. The first-order valence-corrected chi connectivity index (χ1v) is 10.8. The molecule has 0 aliphatic carbocycles. The summed E-state index contributed by atoms with van der Waals surface area (Å²) in [5.41, 5.74) is 5.82. The van der Waals surface area contributed by atoms with Crippen molar-refractivity contribution >= 4 is 23.7 Å². The number of rotatable bonds is 14. The van der Waals surface area contributed by atoms with Gasteiger partial charge in [0.1, 0.15) is 18.1 Å². The quantitative estimate of drug-likeness (QED) is 0.219. The number of hydrogen-bond acceptors (Lipinski definition) is 6. The van der Waals surface area contributed by atoms with Gasteiger partial charge in [0.25, 0.3) is 0 Å². The van der Waals surface area contributed by atoms with Crippen molar-refractivity contribution in [1.29, 1.82) is 0 Å². The lowest BCUT2D eigenvalue weighted by molar-refractivity contribution is -0.144. The first-order chi connectivity index (χ1) is 14.3. The third kappa shape index (κ3) is 10.6. The van der Waals surface area contributed by atoms with E-state index < -0.39 is 54.5 Å². The Kier molecular flexibility index (Phi) is 13.0. The minimum atomic E-state index is -1.28. The van der Waals surface area contributed by atoms with E-state index in [9.17, 15) is 29.4 Å². The van der Waals surface area contributed by atoms with Crippen molar-refractivity contribution < 1.29 is 29.4 Å². The second-order valence-corrected chi connectivity index (χ2v) is 8.88. The van der Waals surface area contributed by atoms with Gasteiger partial charge in [-0.25, -0.2) is 4.79 Å². The Morgan fingerprint density at radius 3 is 1.71 bits per heavy atom. The molecule has 0 rings (SSSR count). The summed E-state index contributed by atoms with van der Waals surface area (Å²) in [6.07, 6.45) is 1.22. The molecule has 0 aromatic carbocycles. The van der Waals surface area contributed by atoms with Crippen LogP contribution in [-0.2, 0) is 19.2 Å². The molecule has 0 aliphatic rings. The highest BCUT2D eigenvalue weighted by atomic mass is 16.4. The lowest BCUT2D eigenvalue weighted by Gasteiger charge is -2.27. The summed E-state index contributed by atoms with van der Waals surface area (Å²) in [5, 5.41) is 26.4. The molecule has 7 N–H and O–H groups in total. The fraction of sp³-hybridized carbons (Fsp3) is 0.810. The number of amides is 3. The number of carboxylic acid groups (broad SMARTS) is 1. The van der Waals surface area contributed by atoms with Gasteiger partial charge < -0.3 is 31.9 Å². The molecule has 180 valence electrons. The number of carbonyl (C=O) groups excluding carboxylic acids is 3. The molecule has 10 nitrogen and oxygen atoms in total. The van der Waals surface area contributed by atoms with Crippen LogP contribution < -0.4 is 21.7 Å². The Morgan fingerprint density at radius 2 is 1.29 bits per heavy atom. The molecular weight excluding hydrogens is 404 g/mol. The number of carbonyl (C=O) groups is 4. The van der Waals surface area contributed by atoms with Gasteiger partial charge in [0.05, 0.1) is 12.6 Å². The predicted molar refractivity (Wildman–Crippen MR) is 117 cm³/mol. The SMILES string of the molecule is CCC(C)C(NC(=O)C(CC(C)C)NC(=O)C(CO)NC(=O)C(N)CC(C)C)C(=O)O. The first-order valence-electron chi connectivity index (χ1n) is 10.8. The van der Waals surface area contributed by atoms with E-state index in [0.717, 1.165) is 0 Å². The highest BCUT2D eigenvalue weighted by Gasteiger charge is 2.32. The average molecular weight is 445 g/mol. The maximum absolute atomic E-state index is 12.8. The van der Waals surface area contributed by atoms with E-state index in [0.29, 0.717) is 12.8 Å². The van der Waals surface area contributed by atoms with Gasteiger partial charge in [-0.05, 0) is 30.6 Å². The van der Waals surface area contributed by atoms with Crippen LogP contribution in [0.15, 0.2) is 0 Å². The summed E-state index contributed by atoms with van der Waals surface area (Å²) < 4.78 is 0. The molecule has 0 heterocycles. The molecule has 0 saturated heterocycles. The summed E-state index contributed by atoms with van der Waals surface area (Å²) in [7, 11) is 0. The molecule has 0 aromatic heterocycles. The summed E-state index contributed by atoms with van der Waals surface area (Å²) in [4.78, 5) is 49.1. The smallest absolute Gasteiger partial charge is 0.326 e. The molecule has 0 bridgehead atoms. The van der Waals surface area contributed by atoms with Crippen LogP contribution >= 0.6 is 0 Å². The van der Waals surface area contributed by atoms with E-state index in [4.69, 9.17) is 5.73 Å². The zero-order valence-corrected chi connectivity index (χ0v) is 19.5. The standard InChI is InChI=1S/C21H40N4O6/c1-7-13(6)17(21(30)31)25-19(28)15(9-12(4)5)23-20(29)16(10-26)24-18(27)14(22)8-11(2)3/h11-17,26H,7-10,22H2,1-6H3,(H,23,29)(H,24,27)(H,25,28)(H,30,31). The second-order valence-electron chi connectivity index (χ2n) is 8.88. The average Bonchev–Trinajstić information content (AvgIpc) is 2.67. The lowest BCUT2D eigenvalue weighted by Crippen LogP contribution is -2.58. The number of nitrogens with two attached hydrogens (primary N) is 1. The van der Waals surface area contributed by atoms with Crippen molar-refractivity contribution in [2.45, 2.75) is 85.0 Å². The summed E-state index contributed by atoms with van der Waals surface area (Å²) in [6.45, 7) is 10.4. The van der Waals surface area contributed by atoms with E-state index >= 15 is 0 Å². The largest absolute Gasteiger partial charge is 0.480 e. The van der Waals surface area contributed by atoms with Crippen LogP contribution in [0, 0.1) is 17.8 Å². The topological polar surface area (TPSA) is 171 Å². The maximum Gasteiger partial charge on any atom is 0.326 e. The third-order valence-electron chi connectivity index (χ3n) is 4.99. The minimum absolute atomic E-state index is 0.0181. The Morgan fingerprint density at radius 1 is 0.806 bits per heavy atom. The van der Waals surface area contributed by atoms with Gasteiger partial charge in [-0.15, -0.1) is 0 Å². The number of carboxylic acids is 1. The molecule has 0 aliphatic heterocycles. The number of aliphatic carboxylic acids is 1. The molecule has 0 radical (unpaired) electrons. The maximum atomic E-state index is 12.8. The van der Waals surface area contributed by atoms with Gasteiger partial charge in [0, 0.05) is 0 Å². The summed E-state index contributed by atoms with van der Waals surface area (Å²) >= 11 is 0. The summed E-state index contributed by atoms with van der Waals surface area (Å²) in [6, 6.07) is -4.22. The Labute approximate surface area is 184 Å². The number of hydrogen-bond donors (Lipinski definition) is 6. The van der Waals surface area contributed by atoms with Gasteiger partial charge in [0.2, 0.25) is 17.7 Å². The van der Waals surface area contributed by atoms with Gasteiger partial charge >= 0.3 is 5.97 Å². The van der Waals surface area contributed by atoms with Gasteiger partial charge in [0.15, 0.2) is 0 Å². The molecule has 31 heavy (non-hydrogen) atoms. The summed E-state index contributed by atoms with van der Waals surface area (Å²) in [5.74, 6) is -3.21. The second kappa shape index (κ2) is 14.0. The Balaban J connectivity index is 5.30. The Hall–Kier alpha value is -2.20. The molecule has 5 atom stereocenters. The van der Waals surface area contributed by atoms with E-state index in [1.807, 2.05) is 34.6 Å². The van der Waals surface area contributed by atoms with Crippen LogP contribution in [0.4, 0.5) is 0 Å². The van der Waals surface area contributed by atoms with Crippen molar-refractivity contribution in [1.82, 2.24) is 16.0 Å². The van der Waals surface area contributed by atoms with Crippen molar-refractivity contribution in [3.8, 4) is 0 Å². The first kappa shape index (κ1) is 28.8.